The summed E-state index contributed by atoms with van der Waals surface area (Å²) in [5, 5.41) is 11.6. The summed E-state index contributed by atoms with van der Waals surface area (Å²) >= 11 is 12.5. The minimum Gasteiger partial charge on any atom is -0.478 e. The Bertz CT molecular complexity index is 1020. The van der Waals surface area contributed by atoms with Crippen LogP contribution in [0.25, 0.3) is 22.0 Å². The zero-order chi connectivity index (χ0) is 19.0. The van der Waals surface area contributed by atoms with Gasteiger partial charge in [-0.25, -0.2) is 9.78 Å². The molecule has 0 radical (unpaired) electrons. The number of carboxylic acids is 1. The van der Waals surface area contributed by atoms with Crippen LogP contribution in [0.4, 0.5) is 5.82 Å². The number of piperidine rings is 1. The molecule has 0 aliphatic carbocycles. The second kappa shape index (κ2) is 7.37. The van der Waals surface area contributed by atoms with Gasteiger partial charge in [0.2, 0.25) is 0 Å². The van der Waals surface area contributed by atoms with Gasteiger partial charge in [-0.15, -0.1) is 0 Å². The van der Waals surface area contributed by atoms with E-state index < -0.39 is 5.97 Å². The number of nitrogens with zero attached hydrogens (tertiary/aromatic N) is 2. The molecule has 2 heterocycles. The Morgan fingerprint density at radius 3 is 2.33 bits per heavy atom. The maximum absolute atomic E-state index is 12.3. The third-order valence-corrected chi connectivity index (χ3v) is 5.66. The third-order valence-electron chi connectivity index (χ3n) is 4.94. The highest BCUT2D eigenvalue weighted by atomic mass is 35.5. The molecule has 3 aromatic rings. The van der Waals surface area contributed by atoms with E-state index in [2.05, 4.69) is 4.90 Å². The van der Waals surface area contributed by atoms with Gasteiger partial charge in [0.05, 0.1) is 15.6 Å². The number of fused-ring (bicyclic) bond motifs is 1. The number of rotatable bonds is 3. The highest BCUT2D eigenvalue weighted by molar-refractivity contribution is 6.43. The number of anilines is 1. The van der Waals surface area contributed by atoms with Gasteiger partial charge in [0.1, 0.15) is 11.4 Å². The van der Waals surface area contributed by atoms with E-state index in [9.17, 15) is 9.90 Å². The summed E-state index contributed by atoms with van der Waals surface area (Å²) in [7, 11) is 0. The second-order valence-electron chi connectivity index (χ2n) is 6.69. The molecule has 1 aliphatic rings. The van der Waals surface area contributed by atoms with E-state index >= 15 is 0 Å². The van der Waals surface area contributed by atoms with Gasteiger partial charge in [-0.05, 0) is 37.0 Å². The van der Waals surface area contributed by atoms with E-state index in [0.717, 1.165) is 37.9 Å². The fourth-order valence-electron chi connectivity index (χ4n) is 3.69. The largest absolute Gasteiger partial charge is 0.478 e. The number of carboxylic acid groups (broad SMARTS) is 1. The van der Waals surface area contributed by atoms with E-state index in [-0.39, 0.29) is 5.56 Å². The van der Waals surface area contributed by atoms with Crippen molar-refractivity contribution in [2.75, 3.05) is 18.0 Å². The molecule has 2 aromatic carbocycles. The standard InChI is InChI=1S/C21H18Cl2N2O2/c22-15-11-14-17(12-16(15)23)24-20(25-9-5-2-6-10-25)19(21(26)27)18(14)13-7-3-1-4-8-13/h1,3-4,7-8,11-12H,2,5-6,9-10H2,(H,26,27). The van der Waals surface area contributed by atoms with Gasteiger partial charge in [0, 0.05) is 24.0 Å². The van der Waals surface area contributed by atoms with E-state index in [0.29, 0.717) is 32.3 Å². The first-order valence-corrected chi connectivity index (χ1v) is 9.68. The van der Waals surface area contributed by atoms with Gasteiger partial charge >= 0.3 is 5.97 Å². The number of aromatic carboxylic acids is 1. The first kappa shape index (κ1) is 18.1. The van der Waals surface area contributed by atoms with Crippen molar-refractivity contribution in [2.45, 2.75) is 19.3 Å². The summed E-state index contributed by atoms with van der Waals surface area (Å²) in [6, 6.07) is 12.9. The zero-order valence-electron chi connectivity index (χ0n) is 14.6. The average molecular weight is 401 g/mol. The van der Waals surface area contributed by atoms with Crippen LogP contribution in [0.15, 0.2) is 42.5 Å². The van der Waals surface area contributed by atoms with Crippen molar-refractivity contribution in [3.63, 3.8) is 0 Å². The van der Waals surface area contributed by atoms with Gasteiger partial charge in [-0.1, -0.05) is 53.5 Å². The Kier molecular flexibility index (Phi) is 4.94. The van der Waals surface area contributed by atoms with E-state index in [4.69, 9.17) is 28.2 Å². The van der Waals surface area contributed by atoms with Crippen molar-refractivity contribution in [3.05, 3.63) is 58.1 Å². The molecule has 1 aromatic heterocycles. The lowest BCUT2D eigenvalue weighted by Crippen LogP contribution is -2.32. The topological polar surface area (TPSA) is 53.4 Å². The molecule has 4 nitrogen and oxygen atoms in total. The molecule has 138 valence electrons. The van der Waals surface area contributed by atoms with E-state index in [1.807, 2.05) is 30.3 Å². The fraction of sp³-hybridized carbons (Fsp3) is 0.238. The summed E-state index contributed by atoms with van der Waals surface area (Å²) in [4.78, 5) is 19.1. The molecule has 0 spiro atoms. The normalized spacial score (nSPS) is 14.5. The summed E-state index contributed by atoms with van der Waals surface area (Å²) < 4.78 is 0. The quantitative estimate of drug-likeness (QED) is 0.594. The lowest BCUT2D eigenvalue weighted by Gasteiger charge is -2.30. The Hall–Kier alpha value is -2.30. The molecule has 0 saturated carbocycles. The van der Waals surface area contributed by atoms with Crippen LogP contribution < -0.4 is 4.90 Å². The number of halogens is 2. The zero-order valence-corrected chi connectivity index (χ0v) is 16.1. The van der Waals surface area contributed by atoms with Crippen LogP contribution in [0, 0.1) is 0 Å². The molecular formula is C21H18Cl2N2O2. The third kappa shape index (κ3) is 3.35. The molecule has 4 rings (SSSR count). The summed E-state index contributed by atoms with van der Waals surface area (Å²) in [5.41, 5.74) is 2.31. The lowest BCUT2D eigenvalue weighted by atomic mass is 9.95. The van der Waals surface area contributed by atoms with Crippen LogP contribution in [0.5, 0.6) is 0 Å². The van der Waals surface area contributed by atoms with Crippen LogP contribution in [-0.2, 0) is 0 Å². The van der Waals surface area contributed by atoms with Crippen molar-refractivity contribution in [1.82, 2.24) is 4.98 Å². The highest BCUT2D eigenvalue weighted by Crippen LogP contribution is 2.40. The molecule has 1 fully saturated rings. The SMILES string of the molecule is O=C(O)c1c(N2CCCCC2)nc2cc(Cl)c(Cl)cc2c1-c1ccccc1. The van der Waals surface area contributed by atoms with Gasteiger partial charge in [-0.3, -0.25) is 0 Å². The fourth-order valence-corrected chi connectivity index (χ4v) is 4.01. The number of hydrogen-bond acceptors (Lipinski definition) is 3. The maximum atomic E-state index is 12.3. The van der Waals surface area contributed by atoms with Crippen LogP contribution in [0.1, 0.15) is 29.6 Å². The molecule has 0 bridgehead atoms. The summed E-state index contributed by atoms with van der Waals surface area (Å²) in [6.07, 6.45) is 3.21. The Balaban J connectivity index is 2.10. The van der Waals surface area contributed by atoms with E-state index in [1.54, 1.807) is 12.1 Å². The number of aromatic nitrogens is 1. The van der Waals surface area contributed by atoms with Crippen molar-refractivity contribution in [2.24, 2.45) is 0 Å². The molecule has 27 heavy (non-hydrogen) atoms. The Morgan fingerprint density at radius 1 is 1.00 bits per heavy atom. The molecule has 1 saturated heterocycles. The van der Waals surface area contributed by atoms with Crippen molar-refractivity contribution in [3.8, 4) is 11.1 Å². The Morgan fingerprint density at radius 2 is 1.67 bits per heavy atom. The predicted octanol–water partition coefficient (Wildman–Crippen LogP) is 5.90. The van der Waals surface area contributed by atoms with Crippen molar-refractivity contribution >= 4 is 45.9 Å². The molecule has 1 N–H and O–H groups in total. The first-order valence-electron chi connectivity index (χ1n) is 8.92. The highest BCUT2D eigenvalue weighted by Gasteiger charge is 2.26. The number of pyridine rings is 1. The smallest absolute Gasteiger partial charge is 0.340 e. The molecule has 1 aliphatic heterocycles. The average Bonchev–Trinajstić information content (AvgIpc) is 2.69. The van der Waals surface area contributed by atoms with Crippen molar-refractivity contribution in [1.29, 1.82) is 0 Å². The van der Waals surface area contributed by atoms with Crippen LogP contribution in [0.3, 0.4) is 0 Å². The molecule has 6 heteroatoms. The number of carbonyl (C=O) groups is 1. The second-order valence-corrected chi connectivity index (χ2v) is 7.50. The van der Waals surface area contributed by atoms with Crippen LogP contribution in [-0.4, -0.2) is 29.1 Å². The first-order chi connectivity index (χ1) is 13.1. The molecule has 0 unspecified atom stereocenters. The van der Waals surface area contributed by atoms with Crippen molar-refractivity contribution < 1.29 is 9.90 Å². The molecular weight excluding hydrogens is 383 g/mol. The summed E-state index contributed by atoms with van der Waals surface area (Å²) in [5.74, 6) is -0.484. The summed E-state index contributed by atoms with van der Waals surface area (Å²) in [6.45, 7) is 1.60. The minimum atomic E-state index is -0.991. The molecule has 0 amide bonds. The van der Waals surface area contributed by atoms with Crippen LogP contribution in [0.2, 0.25) is 10.0 Å². The monoisotopic (exact) mass is 400 g/mol. The van der Waals surface area contributed by atoms with Gasteiger partial charge in [-0.2, -0.15) is 0 Å². The predicted molar refractivity (Wildman–Crippen MR) is 110 cm³/mol. The maximum Gasteiger partial charge on any atom is 0.340 e. The number of benzene rings is 2. The Labute approximate surface area is 167 Å². The van der Waals surface area contributed by atoms with Gasteiger partial charge in [0.25, 0.3) is 0 Å². The van der Waals surface area contributed by atoms with Crippen LogP contribution >= 0.6 is 23.2 Å². The van der Waals surface area contributed by atoms with Gasteiger partial charge in [0.15, 0.2) is 0 Å². The van der Waals surface area contributed by atoms with Gasteiger partial charge < -0.3 is 10.0 Å². The number of hydrogen-bond donors (Lipinski definition) is 1. The minimum absolute atomic E-state index is 0.217. The lowest BCUT2D eigenvalue weighted by molar-refractivity contribution is 0.0698. The molecule has 0 atom stereocenters. The van der Waals surface area contributed by atoms with E-state index in [1.165, 1.54) is 0 Å².